The number of hydrogen-bond acceptors (Lipinski definition) is 1. The Morgan fingerprint density at radius 1 is 1.26 bits per heavy atom. The quantitative estimate of drug-likeness (QED) is 0.549. The summed E-state index contributed by atoms with van der Waals surface area (Å²) < 4.78 is 0. The number of nitrogens with zero attached hydrogens (tertiary/aromatic N) is 1. The van der Waals surface area contributed by atoms with Crippen molar-refractivity contribution in [2.45, 2.75) is 58.8 Å². The van der Waals surface area contributed by atoms with E-state index >= 15 is 0 Å². The van der Waals surface area contributed by atoms with Crippen molar-refractivity contribution in [1.82, 2.24) is 0 Å². The maximum Gasteiger partial charge on any atom is 0.0588 e. The van der Waals surface area contributed by atoms with Crippen LogP contribution in [0.1, 0.15) is 63.0 Å². The third-order valence-corrected chi connectivity index (χ3v) is 4.15. The highest BCUT2D eigenvalue weighted by atomic mass is 14.7. The van der Waals surface area contributed by atoms with Gasteiger partial charge in [-0.25, -0.2) is 0 Å². The van der Waals surface area contributed by atoms with Crippen LogP contribution in [-0.4, -0.2) is 6.21 Å². The molecule has 1 heteroatoms. The molecule has 0 saturated carbocycles. The molecule has 0 heterocycles. The molecule has 1 aromatic carbocycles. The fourth-order valence-corrected chi connectivity index (χ4v) is 2.79. The Balaban J connectivity index is 2.15. The van der Waals surface area contributed by atoms with Crippen molar-refractivity contribution in [1.29, 1.82) is 0 Å². The molecule has 0 fully saturated rings. The van der Waals surface area contributed by atoms with Crippen LogP contribution in [0.4, 0.5) is 0 Å². The maximum atomic E-state index is 4.79. The van der Waals surface area contributed by atoms with E-state index in [1.54, 1.807) is 0 Å². The lowest BCUT2D eigenvalue weighted by Crippen LogP contribution is -1.95. The van der Waals surface area contributed by atoms with Crippen LogP contribution >= 0.6 is 0 Å². The number of aryl methyl sites for hydroxylation is 1. The predicted octanol–water partition coefficient (Wildman–Crippen LogP) is 6.52. The van der Waals surface area contributed by atoms with Crippen LogP contribution in [0.3, 0.4) is 0 Å². The normalized spacial score (nSPS) is 21.7. The van der Waals surface area contributed by atoms with E-state index in [1.165, 1.54) is 29.5 Å². The summed E-state index contributed by atoms with van der Waals surface area (Å²) in [5.74, 6) is 0.335. The van der Waals surface area contributed by atoms with Gasteiger partial charge < -0.3 is 0 Å². The number of benzene rings is 1. The van der Waals surface area contributed by atoms with Crippen LogP contribution in [0.15, 0.2) is 64.8 Å². The van der Waals surface area contributed by atoms with E-state index in [2.05, 4.69) is 75.6 Å². The fraction of sp³-hybridized carbons (Fsp3) is 0.409. The zero-order valence-corrected chi connectivity index (χ0v) is 14.8. The maximum absolute atomic E-state index is 4.79. The summed E-state index contributed by atoms with van der Waals surface area (Å²) in [6.07, 6.45) is 17.0. The summed E-state index contributed by atoms with van der Waals surface area (Å²) in [6, 6.07) is 8.69. The lowest BCUT2D eigenvalue weighted by atomic mass is 10.0. The molecule has 23 heavy (non-hydrogen) atoms. The van der Waals surface area contributed by atoms with Crippen molar-refractivity contribution in [2.75, 3.05) is 0 Å². The topological polar surface area (TPSA) is 12.4 Å². The van der Waals surface area contributed by atoms with Gasteiger partial charge in [0.15, 0.2) is 0 Å². The van der Waals surface area contributed by atoms with E-state index in [9.17, 15) is 0 Å². The first-order chi connectivity index (χ1) is 11.2. The van der Waals surface area contributed by atoms with Crippen molar-refractivity contribution >= 4 is 6.21 Å². The lowest BCUT2D eigenvalue weighted by Gasteiger charge is -2.07. The molecule has 0 aromatic heterocycles. The summed E-state index contributed by atoms with van der Waals surface area (Å²) >= 11 is 0. The van der Waals surface area contributed by atoms with E-state index in [0.29, 0.717) is 5.92 Å². The molecule has 0 saturated heterocycles. The number of allylic oxidation sites excluding steroid dienone is 5. The smallest absolute Gasteiger partial charge is 0.0588 e. The third-order valence-electron chi connectivity index (χ3n) is 4.15. The Morgan fingerprint density at radius 2 is 2.13 bits per heavy atom. The standard InChI is InChI=1S/C22H29N/c1-4-10-20-12-7-5-6-8-14-22(16-20)23-17-19(3)21-13-9-11-18(2)15-21/h7,9,11-17,19H,4-6,8,10H2,1-3H3/b12-7?,20-16-,22-14-,23-17?. The third kappa shape index (κ3) is 6.02. The summed E-state index contributed by atoms with van der Waals surface area (Å²) in [7, 11) is 0. The Morgan fingerprint density at radius 3 is 2.91 bits per heavy atom. The average Bonchev–Trinajstić information content (AvgIpc) is 2.65. The summed E-state index contributed by atoms with van der Waals surface area (Å²) in [5, 5.41) is 0. The zero-order chi connectivity index (χ0) is 16.5. The van der Waals surface area contributed by atoms with Gasteiger partial charge in [-0.1, -0.05) is 68.3 Å². The van der Waals surface area contributed by atoms with Crippen LogP contribution in [0.5, 0.6) is 0 Å². The lowest BCUT2D eigenvalue weighted by molar-refractivity contribution is 0.863. The molecule has 0 N–H and O–H groups in total. The van der Waals surface area contributed by atoms with Gasteiger partial charge in [0.25, 0.3) is 0 Å². The van der Waals surface area contributed by atoms with E-state index in [4.69, 9.17) is 4.99 Å². The van der Waals surface area contributed by atoms with E-state index in [0.717, 1.165) is 25.0 Å². The SMILES string of the molecule is CCC/C1=C/C(N=CC(C)c2cccc(C)c2)=C/CCCC=C1. The van der Waals surface area contributed by atoms with Gasteiger partial charge in [-0.05, 0) is 49.8 Å². The van der Waals surface area contributed by atoms with Gasteiger partial charge in [-0.15, -0.1) is 0 Å². The Labute approximate surface area is 141 Å². The average molecular weight is 307 g/mol. The van der Waals surface area contributed by atoms with Gasteiger partial charge in [0.2, 0.25) is 0 Å². The number of aliphatic imine (C=N–C) groups is 1. The van der Waals surface area contributed by atoms with Crippen LogP contribution < -0.4 is 0 Å². The molecule has 0 bridgehead atoms. The van der Waals surface area contributed by atoms with Gasteiger partial charge in [-0.2, -0.15) is 0 Å². The Kier molecular flexibility index (Phi) is 7.06. The minimum absolute atomic E-state index is 0.335. The van der Waals surface area contributed by atoms with Crippen molar-refractivity contribution in [2.24, 2.45) is 4.99 Å². The molecule has 0 spiro atoms. The van der Waals surface area contributed by atoms with Gasteiger partial charge in [-0.3, -0.25) is 4.99 Å². The second-order valence-electron chi connectivity index (χ2n) is 6.41. The molecule has 0 aliphatic heterocycles. The highest BCUT2D eigenvalue weighted by Crippen LogP contribution is 2.18. The molecule has 1 aliphatic carbocycles. The molecule has 1 nitrogen and oxygen atoms in total. The van der Waals surface area contributed by atoms with Crippen LogP contribution in [0.2, 0.25) is 0 Å². The summed E-state index contributed by atoms with van der Waals surface area (Å²) in [5.41, 5.74) is 5.13. The van der Waals surface area contributed by atoms with Crippen molar-refractivity contribution < 1.29 is 0 Å². The second kappa shape index (κ2) is 9.29. The largest absolute Gasteiger partial charge is 0.261 e. The van der Waals surface area contributed by atoms with Gasteiger partial charge >= 0.3 is 0 Å². The predicted molar refractivity (Wildman–Crippen MR) is 102 cm³/mol. The first kappa shape index (κ1) is 17.5. The Bertz CT molecular complexity index is 617. The zero-order valence-electron chi connectivity index (χ0n) is 14.8. The van der Waals surface area contributed by atoms with Crippen LogP contribution in [-0.2, 0) is 0 Å². The monoisotopic (exact) mass is 307 g/mol. The van der Waals surface area contributed by atoms with E-state index < -0.39 is 0 Å². The number of rotatable bonds is 5. The van der Waals surface area contributed by atoms with Crippen molar-refractivity contribution in [3.8, 4) is 0 Å². The molecular weight excluding hydrogens is 278 g/mol. The van der Waals surface area contributed by atoms with Crippen molar-refractivity contribution in [3.05, 3.63) is 71.0 Å². The minimum atomic E-state index is 0.335. The van der Waals surface area contributed by atoms with Gasteiger partial charge in [0, 0.05) is 12.1 Å². The molecule has 0 amide bonds. The molecule has 122 valence electrons. The molecule has 1 unspecified atom stereocenters. The first-order valence-electron chi connectivity index (χ1n) is 8.87. The van der Waals surface area contributed by atoms with Crippen LogP contribution in [0.25, 0.3) is 0 Å². The molecule has 0 radical (unpaired) electrons. The molecule has 2 rings (SSSR count). The minimum Gasteiger partial charge on any atom is -0.261 e. The van der Waals surface area contributed by atoms with Crippen LogP contribution in [0, 0.1) is 6.92 Å². The highest BCUT2D eigenvalue weighted by molar-refractivity contribution is 5.69. The molecule has 1 aromatic rings. The van der Waals surface area contributed by atoms with E-state index in [1.807, 2.05) is 0 Å². The Hall–Kier alpha value is -1.89. The molecule has 1 atom stereocenters. The molecule has 1 aliphatic rings. The van der Waals surface area contributed by atoms with Gasteiger partial charge in [0.1, 0.15) is 0 Å². The number of hydrogen-bond donors (Lipinski definition) is 0. The fourth-order valence-electron chi connectivity index (χ4n) is 2.79. The first-order valence-corrected chi connectivity index (χ1v) is 8.87. The van der Waals surface area contributed by atoms with Gasteiger partial charge in [0.05, 0.1) is 5.70 Å². The summed E-state index contributed by atoms with van der Waals surface area (Å²) in [6.45, 7) is 6.58. The molecular formula is C22H29N. The second-order valence-corrected chi connectivity index (χ2v) is 6.41. The van der Waals surface area contributed by atoms with Crippen molar-refractivity contribution in [3.63, 3.8) is 0 Å². The van der Waals surface area contributed by atoms with E-state index in [-0.39, 0.29) is 0 Å². The highest BCUT2D eigenvalue weighted by Gasteiger charge is 2.03. The summed E-state index contributed by atoms with van der Waals surface area (Å²) in [4.78, 5) is 4.79.